The molecule has 0 aliphatic carbocycles. The van der Waals surface area contributed by atoms with Crippen LogP contribution in [0.4, 0.5) is 5.69 Å². The lowest BCUT2D eigenvalue weighted by Gasteiger charge is -2.22. The number of hydrogen-bond donors (Lipinski definition) is 2. The van der Waals surface area contributed by atoms with Crippen LogP contribution >= 0.6 is 12.2 Å². The molecule has 148 valence electrons. The van der Waals surface area contributed by atoms with Crippen molar-refractivity contribution in [2.24, 2.45) is 0 Å². The lowest BCUT2D eigenvalue weighted by Crippen LogP contribution is -2.33. The smallest absolute Gasteiger partial charge is 0.338 e. The minimum Gasteiger partial charge on any atom is -0.462 e. The predicted octanol–water partition coefficient (Wildman–Crippen LogP) is 5.25. The molecule has 0 spiro atoms. The molecule has 3 aromatic carbocycles. The van der Waals surface area contributed by atoms with Crippen molar-refractivity contribution in [3.63, 3.8) is 0 Å². The first-order valence-corrected chi connectivity index (χ1v) is 9.94. The fraction of sp³-hybridized carbons (Fsp3) is 0.167. The molecule has 3 rings (SSSR count). The van der Waals surface area contributed by atoms with Gasteiger partial charge in [0.2, 0.25) is 0 Å². The molecule has 0 heterocycles. The maximum atomic E-state index is 12.0. The van der Waals surface area contributed by atoms with Gasteiger partial charge in [-0.3, -0.25) is 0 Å². The van der Waals surface area contributed by atoms with Crippen molar-refractivity contribution in [3.8, 4) is 0 Å². The van der Waals surface area contributed by atoms with Crippen LogP contribution in [-0.2, 0) is 4.74 Å². The third kappa shape index (κ3) is 5.42. The third-order valence-electron chi connectivity index (χ3n) is 4.54. The number of esters is 1. The Labute approximate surface area is 176 Å². The molecule has 2 N–H and O–H groups in total. The molecule has 0 aromatic heterocycles. The number of rotatable bonds is 6. The number of aryl methyl sites for hydroxylation is 1. The Hall–Kier alpha value is -3.18. The number of benzene rings is 3. The lowest BCUT2D eigenvalue weighted by atomic mass is 9.99. The van der Waals surface area contributed by atoms with Gasteiger partial charge >= 0.3 is 5.97 Å². The molecule has 0 atom stereocenters. The van der Waals surface area contributed by atoms with Crippen LogP contribution < -0.4 is 10.6 Å². The summed E-state index contributed by atoms with van der Waals surface area (Å²) in [7, 11) is 0. The van der Waals surface area contributed by atoms with E-state index in [-0.39, 0.29) is 12.0 Å². The highest BCUT2D eigenvalue weighted by Crippen LogP contribution is 2.23. The van der Waals surface area contributed by atoms with Crippen LogP contribution in [0, 0.1) is 6.92 Å². The van der Waals surface area contributed by atoms with Crippen molar-refractivity contribution in [1.29, 1.82) is 0 Å². The highest BCUT2D eigenvalue weighted by Gasteiger charge is 2.16. The van der Waals surface area contributed by atoms with Crippen molar-refractivity contribution in [2.45, 2.75) is 19.9 Å². The fourth-order valence-electron chi connectivity index (χ4n) is 3.04. The van der Waals surface area contributed by atoms with E-state index in [2.05, 4.69) is 34.9 Å². The first-order chi connectivity index (χ1) is 14.1. The van der Waals surface area contributed by atoms with Gasteiger partial charge in [0, 0.05) is 5.69 Å². The van der Waals surface area contributed by atoms with Gasteiger partial charge in [0.05, 0.1) is 18.2 Å². The van der Waals surface area contributed by atoms with E-state index in [1.54, 1.807) is 19.1 Å². The summed E-state index contributed by atoms with van der Waals surface area (Å²) < 4.78 is 5.09. The van der Waals surface area contributed by atoms with Crippen LogP contribution in [0.1, 0.15) is 40.0 Å². The average Bonchev–Trinajstić information content (AvgIpc) is 2.75. The molecular weight excluding hydrogens is 380 g/mol. The molecule has 4 nitrogen and oxygen atoms in total. The SMILES string of the molecule is CCOC(=O)c1ccc(C)c(NC(=S)NC(c2ccccc2)c2ccccc2)c1. The Morgan fingerprint density at radius 1 is 0.966 bits per heavy atom. The first-order valence-electron chi connectivity index (χ1n) is 9.53. The third-order valence-corrected chi connectivity index (χ3v) is 4.76. The molecule has 0 amide bonds. The zero-order valence-electron chi connectivity index (χ0n) is 16.5. The fourth-order valence-corrected chi connectivity index (χ4v) is 3.27. The van der Waals surface area contributed by atoms with Gasteiger partial charge in [0.25, 0.3) is 0 Å². The Balaban J connectivity index is 1.81. The topological polar surface area (TPSA) is 50.4 Å². The number of carbonyl (C=O) groups excluding carboxylic acids is 1. The summed E-state index contributed by atoms with van der Waals surface area (Å²) in [5, 5.41) is 7.11. The Bertz CT molecular complexity index is 935. The maximum absolute atomic E-state index is 12.0. The van der Waals surface area contributed by atoms with E-state index >= 15 is 0 Å². The standard InChI is InChI=1S/C24H24N2O2S/c1-3-28-23(27)20-15-14-17(2)21(16-20)25-24(29)26-22(18-10-6-4-7-11-18)19-12-8-5-9-13-19/h4-16,22H,3H2,1-2H3,(H2,25,26,29). The molecule has 29 heavy (non-hydrogen) atoms. The normalized spacial score (nSPS) is 10.4. The van der Waals surface area contributed by atoms with Gasteiger partial charge in [-0.1, -0.05) is 66.7 Å². The minimum absolute atomic E-state index is 0.0917. The second-order valence-corrected chi connectivity index (χ2v) is 7.01. The van der Waals surface area contributed by atoms with E-state index in [1.165, 1.54) is 0 Å². The molecular formula is C24H24N2O2S. The predicted molar refractivity (Wildman–Crippen MR) is 121 cm³/mol. The van der Waals surface area contributed by atoms with Crippen molar-refractivity contribution >= 4 is 29.0 Å². The van der Waals surface area contributed by atoms with Crippen molar-refractivity contribution in [3.05, 3.63) is 101 Å². The molecule has 0 unspecified atom stereocenters. The van der Waals surface area contributed by atoms with Crippen LogP contribution in [0.15, 0.2) is 78.9 Å². The van der Waals surface area contributed by atoms with E-state index < -0.39 is 0 Å². The van der Waals surface area contributed by atoms with Gasteiger partial charge in [-0.15, -0.1) is 0 Å². The van der Waals surface area contributed by atoms with Crippen molar-refractivity contribution < 1.29 is 9.53 Å². The van der Waals surface area contributed by atoms with E-state index in [0.29, 0.717) is 17.3 Å². The van der Waals surface area contributed by atoms with Gasteiger partial charge in [0.15, 0.2) is 5.11 Å². The van der Waals surface area contributed by atoms with Gasteiger partial charge in [-0.05, 0) is 54.9 Å². The zero-order valence-corrected chi connectivity index (χ0v) is 17.3. The molecule has 0 bridgehead atoms. The van der Waals surface area contributed by atoms with E-state index in [4.69, 9.17) is 17.0 Å². The summed E-state index contributed by atoms with van der Waals surface area (Å²) >= 11 is 5.59. The number of carbonyl (C=O) groups is 1. The highest BCUT2D eigenvalue weighted by molar-refractivity contribution is 7.80. The van der Waals surface area contributed by atoms with Crippen molar-refractivity contribution in [2.75, 3.05) is 11.9 Å². The Kier molecular flexibility index (Phi) is 6.98. The van der Waals surface area contributed by atoms with Crippen LogP contribution in [0.5, 0.6) is 0 Å². The van der Waals surface area contributed by atoms with Crippen LogP contribution in [0.25, 0.3) is 0 Å². The second-order valence-electron chi connectivity index (χ2n) is 6.60. The molecule has 0 fully saturated rings. The number of nitrogens with one attached hydrogen (secondary N) is 2. The number of ether oxygens (including phenoxy) is 1. The summed E-state index contributed by atoms with van der Waals surface area (Å²) in [5.74, 6) is -0.346. The quantitative estimate of drug-likeness (QED) is 0.434. The van der Waals surface area contributed by atoms with Crippen molar-refractivity contribution in [1.82, 2.24) is 5.32 Å². The van der Waals surface area contributed by atoms with Gasteiger partial charge in [0.1, 0.15) is 0 Å². The minimum atomic E-state index is -0.346. The first kappa shape index (κ1) is 20.6. The van der Waals surface area contributed by atoms with Gasteiger partial charge in [-0.2, -0.15) is 0 Å². The number of thiocarbonyl (C=S) groups is 1. The summed E-state index contributed by atoms with van der Waals surface area (Å²) in [6, 6.07) is 25.6. The molecule has 0 saturated carbocycles. The summed E-state index contributed by atoms with van der Waals surface area (Å²) in [6.07, 6.45) is 0. The van der Waals surface area contributed by atoms with Gasteiger partial charge in [-0.25, -0.2) is 4.79 Å². The summed E-state index contributed by atoms with van der Waals surface area (Å²) in [6.45, 7) is 4.09. The number of anilines is 1. The molecule has 0 aliphatic heterocycles. The summed E-state index contributed by atoms with van der Waals surface area (Å²) in [5.41, 5.74) is 4.47. The molecule has 0 saturated heterocycles. The largest absolute Gasteiger partial charge is 0.462 e. The van der Waals surface area contributed by atoms with Crippen LogP contribution in [0.2, 0.25) is 0 Å². The second kappa shape index (κ2) is 9.85. The number of hydrogen-bond acceptors (Lipinski definition) is 3. The zero-order chi connectivity index (χ0) is 20.6. The van der Waals surface area contributed by atoms with E-state index in [1.807, 2.05) is 49.4 Å². The summed E-state index contributed by atoms with van der Waals surface area (Å²) in [4.78, 5) is 12.0. The van der Waals surface area contributed by atoms with E-state index in [0.717, 1.165) is 22.4 Å². The van der Waals surface area contributed by atoms with Gasteiger partial charge < -0.3 is 15.4 Å². The highest BCUT2D eigenvalue weighted by atomic mass is 32.1. The lowest BCUT2D eigenvalue weighted by molar-refractivity contribution is 0.0526. The van der Waals surface area contributed by atoms with E-state index in [9.17, 15) is 4.79 Å². The molecule has 0 aliphatic rings. The Morgan fingerprint density at radius 3 is 2.10 bits per heavy atom. The average molecular weight is 405 g/mol. The van der Waals surface area contributed by atoms with Crippen LogP contribution in [-0.4, -0.2) is 17.7 Å². The Morgan fingerprint density at radius 2 is 1.55 bits per heavy atom. The molecule has 3 aromatic rings. The maximum Gasteiger partial charge on any atom is 0.338 e. The molecule has 0 radical (unpaired) electrons. The van der Waals surface area contributed by atoms with Crippen LogP contribution in [0.3, 0.4) is 0 Å². The molecule has 5 heteroatoms. The monoisotopic (exact) mass is 404 g/mol.